The maximum absolute atomic E-state index is 12.3. The molecule has 1 fully saturated rings. The van der Waals surface area contributed by atoms with Crippen LogP contribution in [0.15, 0.2) is 36.4 Å². The van der Waals surface area contributed by atoms with Gasteiger partial charge in [-0.2, -0.15) is 0 Å². The maximum Gasteiger partial charge on any atom is 0.410 e. The van der Waals surface area contributed by atoms with Gasteiger partial charge >= 0.3 is 6.09 Å². The van der Waals surface area contributed by atoms with E-state index in [1.165, 1.54) is 17.0 Å². The number of benzene rings is 1. The monoisotopic (exact) mass is 443 g/mol. The Morgan fingerprint density at radius 2 is 1.84 bits per heavy atom. The first-order valence-corrected chi connectivity index (χ1v) is 10.3. The van der Waals surface area contributed by atoms with E-state index in [-0.39, 0.29) is 36.6 Å². The summed E-state index contributed by atoms with van der Waals surface area (Å²) in [5, 5.41) is 22.0. The molecule has 9 nitrogen and oxygen atoms in total. The molecular formula is C23H29N3O6. The third-order valence-electron chi connectivity index (χ3n) is 5.16. The zero-order valence-electron chi connectivity index (χ0n) is 18.7. The highest BCUT2D eigenvalue weighted by Crippen LogP contribution is 2.35. The first kappa shape index (κ1) is 23.5. The summed E-state index contributed by atoms with van der Waals surface area (Å²) >= 11 is 0. The molecule has 4 N–H and O–H groups in total. The Balaban J connectivity index is 1.86. The predicted octanol–water partition coefficient (Wildman–Crippen LogP) is 2.47. The van der Waals surface area contributed by atoms with E-state index in [1.807, 2.05) is 19.1 Å². The van der Waals surface area contributed by atoms with Gasteiger partial charge in [0.15, 0.2) is 0 Å². The van der Waals surface area contributed by atoms with E-state index in [4.69, 9.17) is 15.2 Å². The summed E-state index contributed by atoms with van der Waals surface area (Å²) in [4.78, 5) is 29.9. The van der Waals surface area contributed by atoms with Crippen molar-refractivity contribution in [2.45, 2.75) is 51.4 Å². The van der Waals surface area contributed by atoms with Crippen LogP contribution in [-0.4, -0.2) is 56.9 Å². The zero-order valence-corrected chi connectivity index (χ0v) is 18.7. The fourth-order valence-corrected chi connectivity index (χ4v) is 3.38. The molecule has 172 valence electrons. The van der Waals surface area contributed by atoms with Crippen molar-refractivity contribution in [3.8, 4) is 11.6 Å². The molecule has 32 heavy (non-hydrogen) atoms. The second-order valence-electron chi connectivity index (χ2n) is 8.94. The van der Waals surface area contributed by atoms with Gasteiger partial charge in [0.2, 0.25) is 5.88 Å². The van der Waals surface area contributed by atoms with Crippen LogP contribution in [0.3, 0.4) is 0 Å². The number of ether oxygens (including phenoxy) is 2. The summed E-state index contributed by atoms with van der Waals surface area (Å²) in [6, 6.07) is 9.95. The average molecular weight is 444 g/mol. The van der Waals surface area contributed by atoms with E-state index in [0.717, 1.165) is 5.56 Å². The first-order chi connectivity index (χ1) is 14.9. The van der Waals surface area contributed by atoms with Gasteiger partial charge in [0.25, 0.3) is 5.91 Å². The van der Waals surface area contributed by atoms with Crippen LogP contribution < -0.4 is 10.5 Å². The van der Waals surface area contributed by atoms with Crippen molar-refractivity contribution in [1.29, 1.82) is 0 Å². The Morgan fingerprint density at radius 3 is 2.41 bits per heavy atom. The minimum atomic E-state index is -1.75. The summed E-state index contributed by atoms with van der Waals surface area (Å²) < 4.78 is 11.1. The van der Waals surface area contributed by atoms with Gasteiger partial charge in [-0.1, -0.05) is 17.7 Å². The largest absolute Gasteiger partial charge is 0.444 e. The van der Waals surface area contributed by atoms with Gasteiger partial charge in [-0.25, -0.2) is 9.78 Å². The fourth-order valence-electron chi connectivity index (χ4n) is 3.38. The van der Waals surface area contributed by atoms with Crippen LogP contribution in [0.5, 0.6) is 11.6 Å². The number of aromatic nitrogens is 1. The number of aliphatic hydroxyl groups is 2. The molecule has 2 amide bonds. The molecule has 9 heteroatoms. The highest BCUT2D eigenvalue weighted by molar-refractivity contribution is 5.95. The number of aliphatic hydroxyl groups excluding tert-OH is 1. The molecule has 3 rings (SSSR count). The Labute approximate surface area is 186 Å². The number of rotatable bonds is 4. The van der Waals surface area contributed by atoms with E-state index >= 15 is 0 Å². The van der Waals surface area contributed by atoms with Crippen LogP contribution in [0.25, 0.3) is 0 Å². The van der Waals surface area contributed by atoms with Crippen LogP contribution in [0.1, 0.15) is 48.8 Å². The van der Waals surface area contributed by atoms with Crippen molar-refractivity contribution in [1.82, 2.24) is 9.88 Å². The van der Waals surface area contributed by atoms with Gasteiger partial charge in [0.1, 0.15) is 28.6 Å². The molecule has 2 unspecified atom stereocenters. The van der Waals surface area contributed by atoms with Crippen LogP contribution in [0.2, 0.25) is 0 Å². The number of nitrogens with two attached hydrogens (primary N) is 1. The number of primary amides is 1. The van der Waals surface area contributed by atoms with Crippen molar-refractivity contribution in [3.63, 3.8) is 0 Å². The smallest absolute Gasteiger partial charge is 0.410 e. The number of likely N-dealkylation sites (tertiary alicyclic amines) is 1. The highest BCUT2D eigenvalue weighted by atomic mass is 16.6. The summed E-state index contributed by atoms with van der Waals surface area (Å²) in [5.74, 6) is -0.373. The fraction of sp³-hybridized carbons (Fsp3) is 0.435. The summed E-state index contributed by atoms with van der Waals surface area (Å²) in [6.45, 7) is 7.19. The number of hydrogen-bond donors (Lipinski definition) is 3. The van der Waals surface area contributed by atoms with Crippen LogP contribution >= 0.6 is 0 Å². The molecule has 0 saturated carbocycles. The van der Waals surface area contributed by atoms with Crippen LogP contribution in [0, 0.1) is 6.92 Å². The molecule has 1 aromatic carbocycles. The van der Waals surface area contributed by atoms with Gasteiger partial charge in [0.05, 0.1) is 12.2 Å². The van der Waals surface area contributed by atoms with Crippen LogP contribution in [-0.2, 0) is 10.3 Å². The molecule has 0 bridgehead atoms. The molecule has 1 saturated heterocycles. The van der Waals surface area contributed by atoms with E-state index in [1.54, 1.807) is 32.9 Å². The molecule has 2 atom stereocenters. The van der Waals surface area contributed by atoms with E-state index in [0.29, 0.717) is 5.75 Å². The molecule has 1 aliphatic heterocycles. The van der Waals surface area contributed by atoms with Crippen molar-refractivity contribution in [2.75, 3.05) is 13.1 Å². The van der Waals surface area contributed by atoms with Gasteiger partial charge < -0.3 is 30.3 Å². The third-order valence-corrected chi connectivity index (χ3v) is 5.16. The first-order valence-electron chi connectivity index (χ1n) is 10.3. The Bertz CT molecular complexity index is 1000. The Kier molecular flexibility index (Phi) is 6.43. The molecular weight excluding hydrogens is 414 g/mol. The molecule has 0 aliphatic carbocycles. The van der Waals surface area contributed by atoms with E-state index < -0.39 is 29.3 Å². The summed E-state index contributed by atoms with van der Waals surface area (Å²) in [7, 11) is 0. The SMILES string of the molecule is Cc1ccc(Oc2nc(C3(O)CCN(C(=O)OC(C)(C)C)CC3O)ccc2C(N)=O)cc1. The number of piperidine rings is 1. The van der Waals surface area contributed by atoms with E-state index in [9.17, 15) is 19.8 Å². The molecule has 2 aromatic rings. The van der Waals surface area contributed by atoms with Gasteiger partial charge in [-0.3, -0.25) is 4.79 Å². The summed E-state index contributed by atoms with van der Waals surface area (Å²) in [5.41, 5.74) is 4.21. The number of carbonyl (C=O) groups excluding carboxylic acids is 2. The van der Waals surface area contributed by atoms with Gasteiger partial charge in [-0.05, 0) is 52.0 Å². The highest BCUT2D eigenvalue weighted by Gasteiger charge is 2.45. The second-order valence-corrected chi connectivity index (χ2v) is 8.94. The number of hydrogen-bond acceptors (Lipinski definition) is 7. The lowest BCUT2D eigenvalue weighted by atomic mass is 9.85. The topological polar surface area (TPSA) is 135 Å². The lowest BCUT2D eigenvalue weighted by molar-refractivity contribution is -0.125. The van der Waals surface area contributed by atoms with Crippen molar-refractivity contribution in [2.24, 2.45) is 5.73 Å². The van der Waals surface area contributed by atoms with Crippen molar-refractivity contribution >= 4 is 12.0 Å². The minimum Gasteiger partial charge on any atom is -0.444 e. The molecule has 2 heterocycles. The zero-order chi connectivity index (χ0) is 23.7. The molecule has 0 radical (unpaired) electrons. The quantitative estimate of drug-likeness (QED) is 0.660. The standard InChI is InChI=1S/C23H29N3O6/c1-14-5-7-15(8-6-14)31-20-16(19(24)28)9-10-17(25-20)23(30)11-12-26(13-18(23)27)21(29)32-22(2,3)4/h5-10,18,27,30H,11-13H2,1-4H3,(H2,24,28). The maximum atomic E-state index is 12.3. The number of nitrogens with zero attached hydrogens (tertiary/aromatic N) is 2. The molecule has 1 aliphatic rings. The van der Waals surface area contributed by atoms with Gasteiger partial charge in [0, 0.05) is 13.0 Å². The number of aryl methyl sites for hydroxylation is 1. The third kappa shape index (κ3) is 5.17. The number of amides is 2. The van der Waals surface area contributed by atoms with Crippen molar-refractivity contribution in [3.05, 3.63) is 53.2 Å². The number of pyridine rings is 1. The Morgan fingerprint density at radius 1 is 1.19 bits per heavy atom. The Hall–Kier alpha value is -3.17. The average Bonchev–Trinajstić information content (AvgIpc) is 2.70. The van der Waals surface area contributed by atoms with Crippen LogP contribution in [0.4, 0.5) is 4.79 Å². The summed E-state index contributed by atoms with van der Waals surface area (Å²) in [6.07, 6.45) is -1.89. The lowest BCUT2D eigenvalue weighted by Gasteiger charge is -2.41. The van der Waals surface area contributed by atoms with Crippen molar-refractivity contribution < 1.29 is 29.3 Å². The molecule has 1 aromatic heterocycles. The number of β-amino-alcohol motifs (C(OH)–C–C–N with tert-alkyl or cyclic N) is 1. The predicted molar refractivity (Wildman–Crippen MR) is 116 cm³/mol. The van der Waals surface area contributed by atoms with Gasteiger partial charge in [-0.15, -0.1) is 0 Å². The molecule has 0 spiro atoms. The lowest BCUT2D eigenvalue weighted by Crippen LogP contribution is -2.56. The normalized spacial score (nSPS) is 21.2. The second kappa shape index (κ2) is 8.76. The minimum absolute atomic E-state index is 0.0142. The van der Waals surface area contributed by atoms with E-state index in [2.05, 4.69) is 4.98 Å². The number of carbonyl (C=O) groups is 2.